The molecule has 0 bridgehead atoms. The average molecular weight is 315 g/mol. The Morgan fingerprint density at radius 3 is 2.36 bits per heavy atom. The van der Waals surface area contributed by atoms with Crippen LogP contribution in [0.2, 0.25) is 0 Å². The van der Waals surface area contributed by atoms with Crippen LogP contribution in [0.5, 0.6) is 0 Å². The Morgan fingerprint density at radius 1 is 0.909 bits per heavy atom. The van der Waals surface area contributed by atoms with Gasteiger partial charge in [0.25, 0.3) is 10.0 Å². The van der Waals surface area contributed by atoms with Gasteiger partial charge in [0, 0.05) is 0 Å². The van der Waals surface area contributed by atoms with Crippen LogP contribution in [-0.2, 0) is 10.0 Å². The van der Waals surface area contributed by atoms with Gasteiger partial charge in [-0.2, -0.15) is 0 Å². The molecule has 0 aliphatic rings. The molecule has 0 aliphatic heterocycles. The molecule has 0 saturated carbocycles. The lowest BCUT2D eigenvalue weighted by molar-refractivity contribution is 0.601. The number of benzene rings is 2. The van der Waals surface area contributed by atoms with Crippen molar-refractivity contribution in [2.45, 2.75) is 4.90 Å². The maximum absolute atomic E-state index is 12.3. The summed E-state index contributed by atoms with van der Waals surface area (Å²) in [7, 11) is -3.78. The Labute approximate surface area is 127 Å². The molecule has 0 atom stereocenters. The molecule has 112 valence electrons. The van der Waals surface area contributed by atoms with Crippen LogP contribution in [0, 0.1) is 0 Å². The minimum atomic E-state index is -3.78. The van der Waals surface area contributed by atoms with Gasteiger partial charge < -0.3 is 11.5 Å². The van der Waals surface area contributed by atoms with Crippen molar-refractivity contribution in [3.8, 4) is 0 Å². The average Bonchev–Trinajstić information content (AvgIpc) is 2.50. The SMILES string of the molecule is Nc1nc2c(N)cccc2nc1NS(=O)(=O)c1ccccc1. The van der Waals surface area contributed by atoms with Crippen LogP contribution in [0.25, 0.3) is 11.0 Å². The Morgan fingerprint density at radius 2 is 1.64 bits per heavy atom. The second-order valence-corrected chi connectivity index (χ2v) is 6.27. The Balaban J connectivity index is 2.06. The lowest BCUT2D eigenvalue weighted by Crippen LogP contribution is -2.16. The van der Waals surface area contributed by atoms with Gasteiger partial charge in [-0.3, -0.25) is 4.72 Å². The zero-order valence-corrected chi connectivity index (χ0v) is 12.2. The highest BCUT2D eigenvalue weighted by molar-refractivity contribution is 7.92. The van der Waals surface area contributed by atoms with Gasteiger partial charge in [0.15, 0.2) is 11.6 Å². The molecule has 7 nitrogen and oxygen atoms in total. The molecule has 8 heteroatoms. The molecule has 0 radical (unpaired) electrons. The topological polar surface area (TPSA) is 124 Å². The fourth-order valence-corrected chi connectivity index (χ4v) is 3.01. The van der Waals surface area contributed by atoms with Crippen molar-refractivity contribution in [2.75, 3.05) is 16.2 Å². The smallest absolute Gasteiger partial charge is 0.263 e. The zero-order chi connectivity index (χ0) is 15.7. The van der Waals surface area contributed by atoms with Crippen LogP contribution in [0.3, 0.4) is 0 Å². The van der Waals surface area contributed by atoms with Crippen molar-refractivity contribution in [1.82, 2.24) is 9.97 Å². The first-order valence-corrected chi connectivity index (χ1v) is 7.85. The van der Waals surface area contributed by atoms with Gasteiger partial charge in [0.05, 0.1) is 16.1 Å². The number of anilines is 3. The van der Waals surface area contributed by atoms with Crippen LogP contribution in [-0.4, -0.2) is 18.4 Å². The Bertz CT molecular complexity index is 942. The highest BCUT2D eigenvalue weighted by Crippen LogP contribution is 2.24. The second kappa shape index (κ2) is 5.15. The van der Waals surface area contributed by atoms with Crippen molar-refractivity contribution in [2.24, 2.45) is 0 Å². The fraction of sp³-hybridized carbons (Fsp3) is 0. The van der Waals surface area contributed by atoms with E-state index in [1.807, 2.05) is 0 Å². The van der Waals surface area contributed by atoms with E-state index in [0.717, 1.165) is 0 Å². The largest absolute Gasteiger partial charge is 0.397 e. The third-order valence-electron chi connectivity index (χ3n) is 3.04. The van der Waals surface area contributed by atoms with E-state index in [2.05, 4.69) is 14.7 Å². The van der Waals surface area contributed by atoms with E-state index in [1.165, 1.54) is 12.1 Å². The fourth-order valence-electron chi connectivity index (χ4n) is 1.97. The third-order valence-corrected chi connectivity index (χ3v) is 4.39. The molecule has 0 aliphatic carbocycles. The number of nitrogen functional groups attached to an aromatic ring is 2. The van der Waals surface area contributed by atoms with Gasteiger partial charge in [0.2, 0.25) is 0 Å². The van der Waals surface area contributed by atoms with E-state index < -0.39 is 10.0 Å². The molecule has 0 spiro atoms. The number of rotatable bonds is 3. The molecule has 0 unspecified atom stereocenters. The minimum Gasteiger partial charge on any atom is -0.397 e. The molecule has 0 saturated heterocycles. The number of para-hydroxylation sites is 1. The van der Waals surface area contributed by atoms with Crippen molar-refractivity contribution in [1.29, 1.82) is 0 Å². The van der Waals surface area contributed by atoms with Gasteiger partial charge in [-0.1, -0.05) is 24.3 Å². The minimum absolute atomic E-state index is 0.0260. The lowest BCUT2D eigenvalue weighted by Gasteiger charge is -2.10. The summed E-state index contributed by atoms with van der Waals surface area (Å²) in [5, 5.41) is 0. The number of aromatic nitrogens is 2. The number of sulfonamides is 1. The van der Waals surface area contributed by atoms with E-state index in [9.17, 15) is 8.42 Å². The first kappa shape index (κ1) is 14.1. The monoisotopic (exact) mass is 315 g/mol. The highest BCUT2D eigenvalue weighted by atomic mass is 32.2. The molecule has 0 fully saturated rings. The molecular weight excluding hydrogens is 302 g/mol. The van der Waals surface area contributed by atoms with Gasteiger partial charge in [-0.25, -0.2) is 18.4 Å². The summed E-state index contributed by atoms with van der Waals surface area (Å²) in [5.41, 5.74) is 12.9. The normalized spacial score (nSPS) is 11.5. The molecular formula is C14H13N5O2S. The molecule has 0 amide bonds. The van der Waals surface area contributed by atoms with Crippen LogP contribution < -0.4 is 16.2 Å². The summed E-state index contributed by atoms with van der Waals surface area (Å²) >= 11 is 0. The van der Waals surface area contributed by atoms with Gasteiger partial charge in [0.1, 0.15) is 5.52 Å². The summed E-state index contributed by atoms with van der Waals surface area (Å²) in [6, 6.07) is 13.0. The number of fused-ring (bicyclic) bond motifs is 1. The van der Waals surface area contributed by atoms with E-state index in [0.29, 0.717) is 16.7 Å². The summed E-state index contributed by atoms with van der Waals surface area (Å²) in [6.07, 6.45) is 0. The molecule has 22 heavy (non-hydrogen) atoms. The standard InChI is InChI=1S/C14H13N5O2S/c15-10-7-4-8-11-12(10)18-13(16)14(17-11)19-22(20,21)9-5-2-1-3-6-9/h1-8H,15H2,(H2,16,18)(H,17,19). The maximum atomic E-state index is 12.3. The predicted molar refractivity (Wildman–Crippen MR) is 85.6 cm³/mol. The van der Waals surface area contributed by atoms with Crippen LogP contribution in [0.1, 0.15) is 0 Å². The van der Waals surface area contributed by atoms with Crippen LogP contribution in [0.15, 0.2) is 53.4 Å². The Kier molecular flexibility index (Phi) is 3.30. The van der Waals surface area contributed by atoms with Crippen molar-refractivity contribution in [3.63, 3.8) is 0 Å². The predicted octanol–water partition coefficient (Wildman–Crippen LogP) is 1.59. The van der Waals surface area contributed by atoms with Crippen LogP contribution >= 0.6 is 0 Å². The van der Waals surface area contributed by atoms with Gasteiger partial charge in [-0.05, 0) is 24.3 Å². The number of nitrogens with zero attached hydrogens (tertiary/aromatic N) is 2. The summed E-state index contributed by atoms with van der Waals surface area (Å²) in [6.45, 7) is 0. The van der Waals surface area contributed by atoms with E-state index >= 15 is 0 Å². The lowest BCUT2D eigenvalue weighted by atomic mass is 10.2. The number of hydrogen-bond donors (Lipinski definition) is 3. The summed E-state index contributed by atoms with van der Waals surface area (Å²) in [5.74, 6) is -0.0631. The quantitative estimate of drug-likeness (QED) is 0.630. The van der Waals surface area contributed by atoms with Gasteiger partial charge in [-0.15, -0.1) is 0 Å². The van der Waals surface area contributed by atoms with Crippen molar-refractivity contribution < 1.29 is 8.42 Å². The molecule has 1 aromatic heterocycles. The molecule has 1 heterocycles. The number of hydrogen-bond acceptors (Lipinski definition) is 6. The number of nitrogens with one attached hydrogen (secondary N) is 1. The molecule has 3 aromatic rings. The summed E-state index contributed by atoms with van der Waals surface area (Å²) < 4.78 is 26.9. The molecule has 3 rings (SSSR count). The van der Waals surface area contributed by atoms with Gasteiger partial charge >= 0.3 is 0 Å². The maximum Gasteiger partial charge on any atom is 0.263 e. The molecule has 2 aromatic carbocycles. The third kappa shape index (κ3) is 2.51. The molecule has 5 N–H and O–H groups in total. The second-order valence-electron chi connectivity index (χ2n) is 4.59. The highest BCUT2D eigenvalue weighted by Gasteiger charge is 2.17. The number of nitrogens with two attached hydrogens (primary N) is 2. The van der Waals surface area contributed by atoms with Crippen molar-refractivity contribution in [3.05, 3.63) is 48.5 Å². The summed E-state index contributed by atoms with van der Waals surface area (Å²) in [4.78, 5) is 8.42. The van der Waals surface area contributed by atoms with E-state index in [-0.39, 0.29) is 16.5 Å². The first-order valence-electron chi connectivity index (χ1n) is 6.37. The van der Waals surface area contributed by atoms with E-state index in [4.69, 9.17) is 11.5 Å². The van der Waals surface area contributed by atoms with Crippen LogP contribution in [0.4, 0.5) is 17.3 Å². The Hall–Kier alpha value is -2.87. The van der Waals surface area contributed by atoms with E-state index in [1.54, 1.807) is 36.4 Å². The van der Waals surface area contributed by atoms with Crippen molar-refractivity contribution >= 4 is 38.4 Å². The zero-order valence-electron chi connectivity index (χ0n) is 11.4. The first-order chi connectivity index (χ1) is 10.5.